The Hall–Kier alpha value is -2.01. The minimum Gasteiger partial charge on any atom is -0.506 e. The lowest BCUT2D eigenvalue weighted by Crippen LogP contribution is -2.06. The van der Waals surface area contributed by atoms with Gasteiger partial charge in [0.15, 0.2) is 0 Å². The van der Waals surface area contributed by atoms with Crippen LogP contribution in [-0.4, -0.2) is 30.3 Å². The smallest absolute Gasteiger partial charge is 0.338 e. The van der Waals surface area contributed by atoms with E-state index in [0.29, 0.717) is 24.4 Å². The molecule has 0 radical (unpaired) electrons. The van der Waals surface area contributed by atoms with Crippen LogP contribution in [0.1, 0.15) is 68.6 Å². The van der Waals surface area contributed by atoms with Crippen LogP contribution in [0.15, 0.2) is 30.4 Å². The van der Waals surface area contributed by atoms with Crippen molar-refractivity contribution in [2.45, 2.75) is 58.3 Å². The minimum absolute atomic E-state index is 0.0545. The second kappa shape index (κ2) is 13.2. The summed E-state index contributed by atoms with van der Waals surface area (Å²) in [7, 11) is 0. The summed E-state index contributed by atoms with van der Waals surface area (Å²) < 4.78 is 10.2. The highest BCUT2D eigenvalue weighted by Crippen LogP contribution is 2.24. The van der Waals surface area contributed by atoms with E-state index in [4.69, 9.17) is 21.1 Å². The molecule has 0 bridgehead atoms. The van der Waals surface area contributed by atoms with E-state index < -0.39 is 5.97 Å². The van der Waals surface area contributed by atoms with Crippen molar-refractivity contribution in [3.8, 4) is 5.75 Å². The standard InChI is InChI=1S/C21H29ClO5/c1-16(2)20(24)26-13-9-7-5-3-4-6-8-10-14-27-21(25)17-11-12-19(23)18(22)15-17/h11-12,15,23H,1,3-10,13-14H2,2H3. The molecule has 0 aliphatic rings. The summed E-state index contributed by atoms with van der Waals surface area (Å²) in [5, 5.41) is 9.48. The van der Waals surface area contributed by atoms with Gasteiger partial charge < -0.3 is 14.6 Å². The van der Waals surface area contributed by atoms with Gasteiger partial charge in [-0.3, -0.25) is 0 Å². The normalized spacial score (nSPS) is 10.4. The van der Waals surface area contributed by atoms with Crippen molar-refractivity contribution in [1.29, 1.82) is 0 Å². The predicted molar refractivity (Wildman–Crippen MR) is 106 cm³/mol. The minimum atomic E-state index is -0.427. The van der Waals surface area contributed by atoms with Crippen LogP contribution in [0.25, 0.3) is 0 Å². The van der Waals surface area contributed by atoms with Crippen LogP contribution < -0.4 is 0 Å². The number of aromatic hydroxyl groups is 1. The molecule has 1 aromatic carbocycles. The monoisotopic (exact) mass is 396 g/mol. The summed E-state index contributed by atoms with van der Waals surface area (Å²) in [6.07, 6.45) is 8.31. The van der Waals surface area contributed by atoms with Crippen molar-refractivity contribution >= 4 is 23.5 Å². The molecule has 1 N–H and O–H groups in total. The van der Waals surface area contributed by atoms with Crippen LogP contribution >= 0.6 is 11.6 Å². The van der Waals surface area contributed by atoms with Gasteiger partial charge in [-0.05, 0) is 38.0 Å². The molecule has 0 saturated carbocycles. The highest BCUT2D eigenvalue weighted by Gasteiger charge is 2.09. The van der Waals surface area contributed by atoms with E-state index >= 15 is 0 Å². The number of rotatable bonds is 13. The van der Waals surface area contributed by atoms with Crippen LogP contribution in [0.2, 0.25) is 5.02 Å². The van der Waals surface area contributed by atoms with E-state index in [-0.39, 0.29) is 16.7 Å². The van der Waals surface area contributed by atoms with Crippen molar-refractivity contribution in [3.05, 3.63) is 40.9 Å². The molecule has 1 aromatic rings. The highest BCUT2D eigenvalue weighted by atomic mass is 35.5. The molecule has 1 rings (SSSR count). The average molecular weight is 397 g/mol. The van der Waals surface area contributed by atoms with Crippen LogP contribution in [0, 0.1) is 0 Å². The third-order valence-corrected chi connectivity index (χ3v) is 4.34. The quantitative estimate of drug-likeness (QED) is 0.273. The van der Waals surface area contributed by atoms with Gasteiger partial charge in [0.05, 0.1) is 23.8 Å². The Bertz CT molecular complexity index is 627. The number of esters is 2. The summed E-state index contributed by atoms with van der Waals surface area (Å²) in [6, 6.07) is 4.27. The van der Waals surface area contributed by atoms with Crippen molar-refractivity contribution in [2.24, 2.45) is 0 Å². The maximum Gasteiger partial charge on any atom is 0.338 e. The molecule has 0 fully saturated rings. The zero-order chi connectivity index (χ0) is 20.1. The molecule has 0 aliphatic heterocycles. The second-order valence-corrected chi connectivity index (χ2v) is 6.95. The third kappa shape index (κ3) is 10.0. The molecule has 5 nitrogen and oxygen atoms in total. The van der Waals surface area contributed by atoms with Crippen molar-refractivity contribution in [1.82, 2.24) is 0 Å². The topological polar surface area (TPSA) is 72.8 Å². The van der Waals surface area contributed by atoms with Gasteiger partial charge in [-0.2, -0.15) is 0 Å². The molecule has 150 valence electrons. The number of hydrogen-bond donors (Lipinski definition) is 1. The number of ether oxygens (including phenoxy) is 2. The van der Waals surface area contributed by atoms with E-state index in [9.17, 15) is 14.7 Å². The zero-order valence-corrected chi connectivity index (χ0v) is 16.7. The fourth-order valence-electron chi connectivity index (χ4n) is 2.43. The fraction of sp³-hybridized carbons (Fsp3) is 0.524. The van der Waals surface area contributed by atoms with Crippen molar-refractivity contribution in [3.63, 3.8) is 0 Å². The Labute approximate surface area is 166 Å². The van der Waals surface area contributed by atoms with E-state index in [0.717, 1.165) is 51.4 Å². The summed E-state index contributed by atoms with van der Waals surface area (Å²) in [5.41, 5.74) is 0.777. The third-order valence-electron chi connectivity index (χ3n) is 4.04. The van der Waals surface area contributed by atoms with E-state index in [1.807, 2.05) is 0 Å². The van der Waals surface area contributed by atoms with E-state index in [1.54, 1.807) is 6.92 Å². The van der Waals surface area contributed by atoms with Gasteiger partial charge in [-0.15, -0.1) is 0 Å². The number of benzene rings is 1. The first-order valence-corrected chi connectivity index (χ1v) is 9.78. The van der Waals surface area contributed by atoms with Gasteiger partial charge in [-0.1, -0.05) is 56.7 Å². The highest BCUT2D eigenvalue weighted by molar-refractivity contribution is 6.32. The Balaban J connectivity index is 1.94. The van der Waals surface area contributed by atoms with Gasteiger partial charge in [0.1, 0.15) is 5.75 Å². The fourth-order valence-corrected chi connectivity index (χ4v) is 2.62. The molecule has 0 amide bonds. The Morgan fingerprint density at radius 3 is 2.00 bits per heavy atom. The molecular formula is C21H29ClO5. The van der Waals surface area contributed by atoms with Crippen molar-refractivity contribution in [2.75, 3.05) is 13.2 Å². The summed E-state index contributed by atoms with van der Waals surface area (Å²) in [6.45, 7) is 6.03. The molecule has 27 heavy (non-hydrogen) atoms. The molecule has 0 saturated heterocycles. The van der Waals surface area contributed by atoms with Crippen LogP contribution in [-0.2, 0) is 14.3 Å². The zero-order valence-electron chi connectivity index (χ0n) is 16.0. The van der Waals surface area contributed by atoms with Gasteiger partial charge in [0.2, 0.25) is 0 Å². The molecular weight excluding hydrogens is 368 g/mol. The second-order valence-electron chi connectivity index (χ2n) is 6.55. The van der Waals surface area contributed by atoms with Gasteiger partial charge in [-0.25, -0.2) is 9.59 Å². The lowest BCUT2D eigenvalue weighted by Gasteiger charge is -2.06. The van der Waals surface area contributed by atoms with Gasteiger partial charge in [0.25, 0.3) is 0 Å². The molecule has 6 heteroatoms. The summed E-state index contributed by atoms with van der Waals surface area (Å²) in [5.74, 6) is -0.797. The Morgan fingerprint density at radius 1 is 0.963 bits per heavy atom. The SMILES string of the molecule is C=C(C)C(=O)OCCCCCCCCCCOC(=O)c1ccc(O)c(Cl)c1. The molecule has 0 unspecified atom stereocenters. The van der Waals surface area contributed by atoms with Gasteiger partial charge >= 0.3 is 11.9 Å². The van der Waals surface area contributed by atoms with Crippen LogP contribution in [0.4, 0.5) is 0 Å². The number of phenols is 1. The first-order chi connectivity index (χ1) is 12.9. The number of phenolic OH excluding ortho intramolecular Hbond substituents is 1. The number of hydrogen-bond acceptors (Lipinski definition) is 5. The van der Waals surface area contributed by atoms with Crippen molar-refractivity contribution < 1.29 is 24.2 Å². The lowest BCUT2D eigenvalue weighted by atomic mass is 10.1. The number of unbranched alkanes of at least 4 members (excludes halogenated alkanes) is 7. The molecule has 0 atom stereocenters. The average Bonchev–Trinajstić information content (AvgIpc) is 2.64. The number of halogens is 1. The van der Waals surface area contributed by atoms with Crippen LogP contribution in [0.5, 0.6) is 5.75 Å². The van der Waals surface area contributed by atoms with Crippen LogP contribution in [0.3, 0.4) is 0 Å². The molecule has 0 spiro atoms. The molecule has 0 aromatic heterocycles. The maximum absolute atomic E-state index is 11.8. The summed E-state index contributed by atoms with van der Waals surface area (Å²) in [4.78, 5) is 23.0. The molecule has 0 aliphatic carbocycles. The predicted octanol–water partition coefficient (Wildman–Crippen LogP) is 5.44. The van der Waals surface area contributed by atoms with E-state index in [1.165, 1.54) is 18.2 Å². The van der Waals surface area contributed by atoms with E-state index in [2.05, 4.69) is 6.58 Å². The largest absolute Gasteiger partial charge is 0.506 e. The first kappa shape index (κ1) is 23.0. The lowest BCUT2D eigenvalue weighted by molar-refractivity contribution is -0.139. The van der Waals surface area contributed by atoms with Gasteiger partial charge in [0, 0.05) is 5.57 Å². The number of carbonyl (C=O) groups is 2. The molecule has 0 heterocycles. The number of carbonyl (C=O) groups excluding carboxylic acids is 2. The Kier molecular flexibility index (Phi) is 11.3. The first-order valence-electron chi connectivity index (χ1n) is 9.40. The summed E-state index contributed by atoms with van der Waals surface area (Å²) >= 11 is 5.77. The Morgan fingerprint density at radius 2 is 1.48 bits per heavy atom. The maximum atomic E-state index is 11.8.